The van der Waals surface area contributed by atoms with Gasteiger partial charge in [0.1, 0.15) is 5.54 Å². The Hall–Kier alpha value is -1.45. The average molecular weight is 275 g/mol. The lowest BCUT2D eigenvalue weighted by molar-refractivity contribution is -0.184. The number of halogens is 3. The third-order valence-electron chi connectivity index (χ3n) is 3.48. The lowest BCUT2D eigenvalue weighted by Gasteiger charge is -2.36. The quantitative estimate of drug-likeness (QED) is 0.361. The van der Waals surface area contributed by atoms with Gasteiger partial charge in [-0.3, -0.25) is 5.32 Å². The summed E-state index contributed by atoms with van der Waals surface area (Å²) in [5, 5.41) is 15.5. The van der Waals surface area contributed by atoms with Crippen LogP contribution in [0.1, 0.15) is 32.1 Å². The molecule has 106 valence electrons. The minimum Gasteiger partial charge on any atom is -0.299 e. The van der Waals surface area contributed by atoms with Crippen LogP contribution in [0.5, 0.6) is 0 Å². The summed E-state index contributed by atoms with van der Waals surface area (Å²) in [5.74, 6) is -1.29. The predicted molar refractivity (Wildman–Crippen MR) is 63.0 cm³/mol. The van der Waals surface area contributed by atoms with Crippen LogP contribution in [-0.4, -0.2) is 24.8 Å². The maximum Gasteiger partial charge on any atom is 0.391 e. The van der Waals surface area contributed by atoms with Crippen molar-refractivity contribution in [1.29, 1.82) is 5.26 Å². The molecular formula is C11H16F3N5. The van der Waals surface area contributed by atoms with Crippen LogP contribution in [0.3, 0.4) is 0 Å². The Kier molecular flexibility index (Phi) is 5.45. The first-order valence-corrected chi connectivity index (χ1v) is 6.17. The first-order chi connectivity index (χ1) is 8.93. The monoisotopic (exact) mass is 275 g/mol. The Labute approximate surface area is 109 Å². The molecule has 19 heavy (non-hydrogen) atoms. The van der Waals surface area contributed by atoms with Gasteiger partial charge in [-0.05, 0) is 44.2 Å². The third kappa shape index (κ3) is 4.62. The summed E-state index contributed by atoms with van der Waals surface area (Å²) in [5.41, 5.74) is 7.23. The van der Waals surface area contributed by atoms with Gasteiger partial charge in [0.15, 0.2) is 0 Å². The van der Waals surface area contributed by atoms with E-state index in [9.17, 15) is 13.2 Å². The van der Waals surface area contributed by atoms with Gasteiger partial charge in [-0.1, -0.05) is 5.11 Å². The van der Waals surface area contributed by atoms with Crippen molar-refractivity contribution < 1.29 is 13.2 Å². The van der Waals surface area contributed by atoms with E-state index in [0.717, 1.165) is 0 Å². The van der Waals surface area contributed by atoms with E-state index in [2.05, 4.69) is 21.4 Å². The topological polar surface area (TPSA) is 84.6 Å². The average Bonchev–Trinajstić information content (AvgIpc) is 2.38. The molecule has 0 heterocycles. The molecule has 0 spiro atoms. The number of nitrogens with one attached hydrogen (secondary N) is 1. The van der Waals surface area contributed by atoms with Crippen molar-refractivity contribution >= 4 is 0 Å². The molecule has 0 radical (unpaired) electrons. The number of nitrogens with zero attached hydrogens (tertiary/aromatic N) is 4. The second-order valence-corrected chi connectivity index (χ2v) is 4.74. The predicted octanol–water partition coefficient (Wildman–Crippen LogP) is 3.29. The molecule has 1 fully saturated rings. The lowest BCUT2D eigenvalue weighted by Crippen LogP contribution is -2.48. The van der Waals surface area contributed by atoms with Gasteiger partial charge in [0, 0.05) is 11.5 Å². The number of alkyl halides is 3. The molecule has 1 aliphatic carbocycles. The molecule has 0 saturated heterocycles. The second kappa shape index (κ2) is 6.64. The third-order valence-corrected chi connectivity index (χ3v) is 3.48. The molecule has 5 nitrogen and oxygen atoms in total. The van der Waals surface area contributed by atoms with Crippen LogP contribution in [0.2, 0.25) is 0 Å². The molecular weight excluding hydrogens is 259 g/mol. The highest BCUT2D eigenvalue weighted by Gasteiger charge is 2.45. The van der Waals surface area contributed by atoms with E-state index in [-0.39, 0.29) is 25.7 Å². The lowest BCUT2D eigenvalue weighted by atomic mass is 9.77. The maximum atomic E-state index is 12.5. The van der Waals surface area contributed by atoms with E-state index in [1.807, 2.05) is 0 Å². The molecule has 1 N–H and O–H groups in total. The van der Waals surface area contributed by atoms with Crippen LogP contribution in [-0.2, 0) is 0 Å². The van der Waals surface area contributed by atoms with Gasteiger partial charge in [-0.25, -0.2) is 0 Å². The molecule has 1 saturated carbocycles. The van der Waals surface area contributed by atoms with Crippen LogP contribution in [0.4, 0.5) is 13.2 Å². The van der Waals surface area contributed by atoms with Crippen molar-refractivity contribution in [2.75, 3.05) is 13.1 Å². The van der Waals surface area contributed by atoms with Gasteiger partial charge in [0.05, 0.1) is 12.0 Å². The van der Waals surface area contributed by atoms with Gasteiger partial charge >= 0.3 is 6.18 Å². The number of nitriles is 1. The summed E-state index contributed by atoms with van der Waals surface area (Å²) in [7, 11) is 0. The number of hydrogen-bond donors (Lipinski definition) is 1. The molecule has 0 aromatic carbocycles. The fraction of sp³-hybridized carbons (Fsp3) is 0.909. The Morgan fingerprint density at radius 1 is 1.42 bits per heavy atom. The van der Waals surface area contributed by atoms with E-state index < -0.39 is 17.6 Å². The first-order valence-electron chi connectivity index (χ1n) is 6.17. The van der Waals surface area contributed by atoms with E-state index in [1.54, 1.807) is 0 Å². The highest BCUT2D eigenvalue weighted by atomic mass is 19.4. The zero-order chi connectivity index (χ0) is 14.4. The zero-order valence-corrected chi connectivity index (χ0v) is 10.4. The zero-order valence-electron chi connectivity index (χ0n) is 10.4. The van der Waals surface area contributed by atoms with E-state index in [1.165, 1.54) is 0 Å². The Bertz CT molecular complexity index is 373. The van der Waals surface area contributed by atoms with Gasteiger partial charge in [0.2, 0.25) is 0 Å². The van der Waals surface area contributed by atoms with E-state index in [4.69, 9.17) is 10.8 Å². The number of rotatable bonds is 5. The van der Waals surface area contributed by atoms with E-state index >= 15 is 0 Å². The molecule has 0 bridgehead atoms. The summed E-state index contributed by atoms with van der Waals surface area (Å²) in [6, 6.07) is 2.10. The first kappa shape index (κ1) is 15.6. The van der Waals surface area contributed by atoms with Crippen molar-refractivity contribution in [3.05, 3.63) is 10.4 Å². The summed E-state index contributed by atoms with van der Waals surface area (Å²) in [4.78, 5) is 2.60. The molecule has 8 heteroatoms. The standard InChI is InChI=1S/C11H16F3N5/c12-11(13,14)9-2-4-10(8-15,5-3-9)17-6-1-7-18-19-16/h9,17H,1-7H2. The molecule has 1 rings (SSSR count). The summed E-state index contributed by atoms with van der Waals surface area (Å²) >= 11 is 0. The summed E-state index contributed by atoms with van der Waals surface area (Å²) in [6.45, 7) is 0.777. The van der Waals surface area contributed by atoms with Crippen molar-refractivity contribution in [1.82, 2.24) is 5.32 Å². The normalized spacial score (nSPS) is 27.4. The van der Waals surface area contributed by atoms with Crippen LogP contribution in [0.15, 0.2) is 5.11 Å². The Morgan fingerprint density at radius 2 is 2.05 bits per heavy atom. The van der Waals surface area contributed by atoms with Crippen LogP contribution in [0, 0.1) is 17.2 Å². The Balaban J connectivity index is 2.43. The highest BCUT2D eigenvalue weighted by molar-refractivity contribution is 5.09. The van der Waals surface area contributed by atoms with Crippen molar-refractivity contribution in [2.24, 2.45) is 11.0 Å². The second-order valence-electron chi connectivity index (χ2n) is 4.74. The number of azide groups is 1. The van der Waals surface area contributed by atoms with Crippen molar-refractivity contribution in [3.8, 4) is 6.07 Å². The minimum absolute atomic E-state index is 0.0135. The molecule has 0 aromatic rings. The summed E-state index contributed by atoms with van der Waals surface area (Å²) in [6.07, 6.45) is -3.22. The van der Waals surface area contributed by atoms with Crippen LogP contribution in [0.25, 0.3) is 10.4 Å². The largest absolute Gasteiger partial charge is 0.391 e. The van der Waals surface area contributed by atoms with Crippen molar-refractivity contribution in [2.45, 2.75) is 43.8 Å². The molecule has 0 aliphatic heterocycles. The van der Waals surface area contributed by atoms with Gasteiger partial charge in [-0.2, -0.15) is 18.4 Å². The Morgan fingerprint density at radius 3 is 2.53 bits per heavy atom. The fourth-order valence-corrected chi connectivity index (χ4v) is 2.29. The molecule has 1 aliphatic rings. The number of hydrogen-bond acceptors (Lipinski definition) is 3. The smallest absolute Gasteiger partial charge is 0.299 e. The highest BCUT2D eigenvalue weighted by Crippen LogP contribution is 2.40. The van der Waals surface area contributed by atoms with Gasteiger partial charge in [0.25, 0.3) is 0 Å². The molecule has 0 atom stereocenters. The van der Waals surface area contributed by atoms with Gasteiger partial charge < -0.3 is 0 Å². The summed E-state index contributed by atoms with van der Waals surface area (Å²) < 4.78 is 37.6. The van der Waals surface area contributed by atoms with Crippen LogP contribution >= 0.6 is 0 Å². The van der Waals surface area contributed by atoms with Crippen molar-refractivity contribution in [3.63, 3.8) is 0 Å². The van der Waals surface area contributed by atoms with Crippen LogP contribution < -0.4 is 5.32 Å². The molecule has 0 aromatic heterocycles. The SMILES string of the molecule is N#CC1(NCCCN=[N+]=[N-])CCC(C(F)(F)F)CC1. The van der Waals surface area contributed by atoms with E-state index in [0.29, 0.717) is 19.5 Å². The molecule has 0 amide bonds. The van der Waals surface area contributed by atoms with Gasteiger partial charge in [-0.15, -0.1) is 0 Å². The fourth-order valence-electron chi connectivity index (χ4n) is 2.29. The molecule has 0 unspecified atom stereocenters. The maximum absolute atomic E-state index is 12.5. The minimum atomic E-state index is -4.16.